The summed E-state index contributed by atoms with van der Waals surface area (Å²) in [5.74, 6) is 0.844. The molecule has 6 aromatic rings. The van der Waals surface area contributed by atoms with Crippen LogP contribution in [0.25, 0.3) is 56.0 Å². The molecule has 0 fully saturated rings. The first-order chi connectivity index (χ1) is 25.5. The van der Waals surface area contributed by atoms with Gasteiger partial charge in [-0.15, -0.1) is 0 Å². The van der Waals surface area contributed by atoms with Crippen LogP contribution in [0.4, 0.5) is 11.4 Å². The van der Waals surface area contributed by atoms with E-state index in [0.29, 0.717) is 45.2 Å². The zero-order valence-electron chi connectivity index (χ0n) is 31.7. The van der Waals surface area contributed by atoms with Gasteiger partial charge in [-0.3, -0.25) is 4.98 Å². The summed E-state index contributed by atoms with van der Waals surface area (Å²) in [4.78, 5) is 40.8. The molecule has 0 N–H and O–H groups in total. The van der Waals surface area contributed by atoms with Crippen LogP contribution < -0.4 is 21.1 Å². The summed E-state index contributed by atoms with van der Waals surface area (Å²) in [6, 6.07) is 15.5. The third-order valence-electron chi connectivity index (χ3n) is 11.4. The van der Waals surface area contributed by atoms with E-state index in [2.05, 4.69) is 73.4 Å². The molecule has 0 atom stereocenters. The molecule has 0 spiro atoms. The van der Waals surface area contributed by atoms with E-state index in [-0.39, 0.29) is 10.8 Å². The molecule has 9 nitrogen and oxygen atoms in total. The standard InChI is InChI=1S/C44H48N4O5/c1-7-9-17-47(18-10-8-2)29-12-11-27-21-30(41(49)52-37(27)24-29)33-25-46-34(26-45-33)36-14-13-35(51-36)31-22-28-23-32-39-38(40(28)53-42(31)50)44(5,6)16-20-48(39)19-15-43(32,3)4/h11-14,21-26H,7-10,15-20H2,1-6H3. The molecule has 4 aromatic heterocycles. The Hall–Kier alpha value is -5.18. The molecule has 8 rings (SSSR count). The minimum Gasteiger partial charge on any atom is -0.454 e. The number of anilines is 2. The molecule has 0 bridgehead atoms. The van der Waals surface area contributed by atoms with Crippen LogP contribution in [0.15, 0.2) is 83.8 Å². The molecule has 2 aromatic carbocycles. The number of aromatic nitrogens is 2. The molecular formula is C44H48N4O5. The van der Waals surface area contributed by atoms with Gasteiger partial charge in [0, 0.05) is 60.0 Å². The summed E-state index contributed by atoms with van der Waals surface area (Å²) < 4.78 is 18.2. The van der Waals surface area contributed by atoms with E-state index in [1.54, 1.807) is 24.5 Å². The van der Waals surface area contributed by atoms with Gasteiger partial charge in [0.15, 0.2) is 5.76 Å². The monoisotopic (exact) mass is 712 g/mol. The van der Waals surface area contributed by atoms with Gasteiger partial charge in [0.1, 0.15) is 28.2 Å². The summed E-state index contributed by atoms with van der Waals surface area (Å²) in [5, 5.41) is 1.72. The number of hydrogen-bond donors (Lipinski definition) is 0. The van der Waals surface area contributed by atoms with Gasteiger partial charge in [0.2, 0.25) is 0 Å². The Kier molecular flexibility index (Phi) is 8.78. The lowest BCUT2D eigenvalue weighted by Gasteiger charge is -2.48. The molecule has 2 aliphatic rings. The quantitative estimate of drug-likeness (QED) is 0.128. The van der Waals surface area contributed by atoms with Crippen LogP contribution >= 0.6 is 0 Å². The van der Waals surface area contributed by atoms with Crippen LogP contribution in [0.2, 0.25) is 0 Å². The van der Waals surface area contributed by atoms with Crippen molar-refractivity contribution in [2.24, 2.45) is 0 Å². The molecular weight excluding hydrogens is 665 g/mol. The van der Waals surface area contributed by atoms with Gasteiger partial charge >= 0.3 is 11.3 Å². The highest BCUT2D eigenvalue weighted by Gasteiger charge is 2.42. The van der Waals surface area contributed by atoms with E-state index in [0.717, 1.165) is 86.7 Å². The molecule has 0 amide bonds. The van der Waals surface area contributed by atoms with Gasteiger partial charge < -0.3 is 23.1 Å². The van der Waals surface area contributed by atoms with Crippen LogP contribution in [-0.4, -0.2) is 36.1 Å². The summed E-state index contributed by atoms with van der Waals surface area (Å²) in [6.07, 6.45) is 9.64. The number of unbranched alkanes of at least 4 members (excludes halogenated alkanes) is 2. The van der Waals surface area contributed by atoms with Crippen molar-refractivity contribution in [1.29, 1.82) is 0 Å². The third-order valence-corrected chi connectivity index (χ3v) is 11.4. The Morgan fingerprint density at radius 3 is 2.09 bits per heavy atom. The lowest BCUT2D eigenvalue weighted by atomic mass is 9.69. The lowest BCUT2D eigenvalue weighted by Crippen LogP contribution is -2.44. The van der Waals surface area contributed by atoms with E-state index in [1.807, 2.05) is 24.3 Å². The van der Waals surface area contributed by atoms with Gasteiger partial charge in [0.25, 0.3) is 0 Å². The Labute approximate surface area is 309 Å². The van der Waals surface area contributed by atoms with Crippen LogP contribution in [0.3, 0.4) is 0 Å². The fourth-order valence-electron chi connectivity index (χ4n) is 8.08. The zero-order valence-corrected chi connectivity index (χ0v) is 31.7. The van der Waals surface area contributed by atoms with Gasteiger partial charge in [-0.2, -0.15) is 0 Å². The summed E-state index contributed by atoms with van der Waals surface area (Å²) >= 11 is 0. The number of nitrogens with zero attached hydrogens (tertiary/aromatic N) is 4. The van der Waals surface area contributed by atoms with Gasteiger partial charge in [-0.1, -0.05) is 54.4 Å². The average Bonchev–Trinajstić information content (AvgIpc) is 3.63. The maximum Gasteiger partial charge on any atom is 0.347 e. The van der Waals surface area contributed by atoms with Crippen molar-refractivity contribution in [3.05, 3.63) is 92.9 Å². The fourth-order valence-corrected chi connectivity index (χ4v) is 8.08. The van der Waals surface area contributed by atoms with E-state index < -0.39 is 11.3 Å². The highest BCUT2D eigenvalue weighted by atomic mass is 16.4. The predicted octanol–water partition coefficient (Wildman–Crippen LogP) is 9.86. The molecule has 2 aliphatic heterocycles. The smallest absolute Gasteiger partial charge is 0.347 e. The first-order valence-electron chi connectivity index (χ1n) is 19.1. The third kappa shape index (κ3) is 6.24. The average molecular weight is 713 g/mol. The Balaban J connectivity index is 1.09. The lowest BCUT2D eigenvalue weighted by molar-refractivity contribution is 0.398. The Morgan fingerprint density at radius 1 is 0.717 bits per heavy atom. The van der Waals surface area contributed by atoms with Crippen molar-refractivity contribution in [2.75, 3.05) is 36.0 Å². The SMILES string of the molecule is CCCCN(CCCC)c1ccc2cc(-c3cnc(-c4ccc(-c5cc6cc7c8c(c6oc5=O)C(C)(C)CCN8CCC7(C)C)o4)cn3)c(=O)oc2c1. The second kappa shape index (κ2) is 13.3. The first kappa shape index (κ1) is 34.9. The van der Waals surface area contributed by atoms with Crippen molar-refractivity contribution in [2.45, 2.75) is 90.9 Å². The summed E-state index contributed by atoms with van der Waals surface area (Å²) in [6.45, 7) is 17.4. The fraction of sp³-hybridized carbons (Fsp3) is 0.409. The van der Waals surface area contributed by atoms with Crippen molar-refractivity contribution in [1.82, 2.24) is 9.97 Å². The number of benzene rings is 2. The Morgan fingerprint density at radius 2 is 1.38 bits per heavy atom. The van der Waals surface area contributed by atoms with Crippen molar-refractivity contribution >= 4 is 33.3 Å². The second-order valence-corrected chi connectivity index (χ2v) is 16.1. The van der Waals surface area contributed by atoms with Crippen LogP contribution in [0.1, 0.15) is 91.2 Å². The van der Waals surface area contributed by atoms with Crippen molar-refractivity contribution in [3.8, 4) is 34.0 Å². The van der Waals surface area contributed by atoms with Crippen molar-refractivity contribution in [3.63, 3.8) is 0 Å². The molecule has 0 radical (unpaired) electrons. The van der Waals surface area contributed by atoms with Crippen LogP contribution in [0, 0.1) is 0 Å². The number of furan rings is 1. The van der Waals surface area contributed by atoms with Gasteiger partial charge in [-0.25, -0.2) is 14.6 Å². The van der Waals surface area contributed by atoms with E-state index in [9.17, 15) is 9.59 Å². The summed E-state index contributed by atoms with van der Waals surface area (Å²) in [5.41, 5.74) is 6.48. The normalized spacial score (nSPS) is 15.9. The molecule has 9 heteroatoms. The van der Waals surface area contributed by atoms with Crippen molar-refractivity contribution < 1.29 is 13.3 Å². The van der Waals surface area contributed by atoms with Gasteiger partial charge in [-0.05, 0) is 84.5 Å². The first-order valence-corrected chi connectivity index (χ1v) is 19.1. The maximum absolute atomic E-state index is 13.6. The number of fused-ring (bicyclic) bond motifs is 3. The van der Waals surface area contributed by atoms with Gasteiger partial charge in [0.05, 0.1) is 23.7 Å². The molecule has 0 aliphatic carbocycles. The van der Waals surface area contributed by atoms with Crippen LogP contribution in [-0.2, 0) is 10.8 Å². The summed E-state index contributed by atoms with van der Waals surface area (Å²) in [7, 11) is 0. The van der Waals surface area contributed by atoms with E-state index in [1.165, 1.54) is 11.3 Å². The molecule has 6 heterocycles. The zero-order chi connectivity index (χ0) is 37.1. The highest BCUT2D eigenvalue weighted by molar-refractivity contribution is 5.92. The molecule has 274 valence electrons. The Bertz CT molecular complexity index is 2440. The molecule has 0 saturated carbocycles. The second-order valence-electron chi connectivity index (χ2n) is 16.1. The minimum atomic E-state index is -0.469. The maximum atomic E-state index is 13.6. The largest absolute Gasteiger partial charge is 0.454 e. The van der Waals surface area contributed by atoms with Crippen LogP contribution in [0.5, 0.6) is 0 Å². The highest BCUT2D eigenvalue weighted by Crippen LogP contribution is 2.51. The molecule has 53 heavy (non-hydrogen) atoms. The number of rotatable bonds is 10. The van der Waals surface area contributed by atoms with E-state index in [4.69, 9.17) is 13.3 Å². The topological polar surface area (TPSA) is 106 Å². The predicted molar refractivity (Wildman–Crippen MR) is 212 cm³/mol. The number of hydrogen-bond acceptors (Lipinski definition) is 9. The molecule has 0 saturated heterocycles. The minimum absolute atomic E-state index is 0.00223. The van der Waals surface area contributed by atoms with E-state index >= 15 is 0 Å². The molecule has 0 unspecified atom stereocenters.